The van der Waals surface area contributed by atoms with Crippen molar-refractivity contribution in [2.75, 3.05) is 16.6 Å². The second-order valence-electron chi connectivity index (χ2n) is 9.21. The number of amides is 2. The van der Waals surface area contributed by atoms with Crippen LogP contribution in [0.15, 0.2) is 89.7 Å². The molecule has 8 nitrogen and oxygen atoms in total. The van der Waals surface area contributed by atoms with Gasteiger partial charge >= 0.3 is 4.87 Å². The molecule has 10 heteroatoms. The molecule has 0 N–H and O–H groups in total. The summed E-state index contributed by atoms with van der Waals surface area (Å²) in [5.74, 6) is -1.14. The molecule has 3 heterocycles. The van der Waals surface area contributed by atoms with E-state index >= 15 is 0 Å². The van der Waals surface area contributed by atoms with Crippen molar-refractivity contribution >= 4 is 46.1 Å². The number of benzene rings is 3. The summed E-state index contributed by atoms with van der Waals surface area (Å²) in [4.78, 5) is 48.2. The number of para-hydroxylation sites is 2. The molecule has 2 aliphatic rings. The van der Waals surface area contributed by atoms with Gasteiger partial charge in [0.1, 0.15) is 22.9 Å². The topological polar surface area (TPSA) is 81.1 Å². The molecule has 6 rings (SSSR count). The normalized spacial score (nSPS) is 20.5. The average Bonchev–Trinajstić information content (AvgIpc) is 3.57. The molecule has 39 heavy (non-hydrogen) atoms. The summed E-state index contributed by atoms with van der Waals surface area (Å²) < 4.78 is 7.05. The number of hydroxylamine groups is 1. The van der Waals surface area contributed by atoms with Crippen LogP contribution >= 0.6 is 22.9 Å². The van der Waals surface area contributed by atoms with Crippen LogP contribution in [0.5, 0.6) is 5.75 Å². The van der Waals surface area contributed by atoms with Gasteiger partial charge in [-0.1, -0.05) is 66.3 Å². The van der Waals surface area contributed by atoms with E-state index in [1.54, 1.807) is 36.4 Å². The molecule has 198 valence electrons. The Labute approximate surface area is 233 Å². The number of halogens is 1. The molecule has 0 unspecified atom stereocenters. The minimum Gasteiger partial charge on any atom is -0.494 e. The molecule has 0 spiro atoms. The molecule has 0 bridgehead atoms. The Hall–Kier alpha value is -3.92. The first kappa shape index (κ1) is 25.4. The van der Waals surface area contributed by atoms with Crippen LogP contribution in [-0.2, 0) is 14.4 Å². The molecule has 2 saturated heterocycles. The Balaban J connectivity index is 1.42. The molecule has 1 aromatic heterocycles. The van der Waals surface area contributed by atoms with Gasteiger partial charge in [-0.05, 0) is 55.0 Å². The highest BCUT2D eigenvalue weighted by Gasteiger charge is 2.61. The fraction of sp³-hybridized carbons (Fsp3) is 0.207. The van der Waals surface area contributed by atoms with Crippen LogP contribution in [0.4, 0.5) is 11.4 Å². The molecule has 3 atom stereocenters. The van der Waals surface area contributed by atoms with E-state index in [1.807, 2.05) is 55.5 Å². The highest BCUT2D eigenvalue weighted by Crippen LogP contribution is 2.50. The first-order valence-corrected chi connectivity index (χ1v) is 13.8. The van der Waals surface area contributed by atoms with E-state index in [0.717, 1.165) is 22.7 Å². The SMILES string of the molecule is CCCOc1ccc(N2C(=O)[C@H]3[C@@H](c4sc(=O)n(-c5ccccc5)c4Cl)N(c4ccccc4)O[C@H]3C2=O)cc1. The fourth-order valence-corrected chi connectivity index (χ4v) is 6.46. The number of anilines is 2. The molecule has 0 aliphatic carbocycles. The maximum atomic E-state index is 13.9. The van der Waals surface area contributed by atoms with E-state index in [2.05, 4.69) is 0 Å². The van der Waals surface area contributed by atoms with Crippen molar-refractivity contribution in [3.8, 4) is 11.4 Å². The Morgan fingerprint density at radius 1 is 0.846 bits per heavy atom. The van der Waals surface area contributed by atoms with Crippen LogP contribution in [0.25, 0.3) is 5.69 Å². The van der Waals surface area contributed by atoms with Crippen LogP contribution in [-0.4, -0.2) is 29.1 Å². The summed E-state index contributed by atoms with van der Waals surface area (Å²) in [6.45, 7) is 2.59. The number of fused-ring (bicyclic) bond motifs is 1. The monoisotopic (exact) mass is 561 g/mol. The van der Waals surface area contributed by atoms with Gasteiger partial charge in [0.05, 0.1) is 28.5 Å². The number of nitrogens with zero attached hydrogens (tertiary/aromatic N) is 3. The number of hydrogen-bond acceptors (Lipinski definition) is 7. The molecule has 0 saturated carbocycles. The zero-order valence-corrected chi connectivity index (χ0v) is 22.5. The largest absolute Gasteiger partial charge is 0.494 e. The lowest BCUT2D eigenvalue weighted by Gasteiger charge is -2.28. The van der Waals surface area contributed by atoms with Crippen molar-refractivity contribution in [1.82, 2.24) is 4.57 Å². The van der Waals surface area contributed by atoms with Crippen molar-refractivity contribution in [1.29, 1.82) is 0 Å². The third-order valence-electron chi connectivity index (χ3n) is 6.76. The number of imide groups is 1. The molecule has 2 aliphatic heterocycles. The van der Waals surface area contributed by atoms with Crippen molar-refractivity contribution in [3.63, 3.8) is 0 Å². The number of hydrogen-bond donors (Lipinski definition) is 0. The number of thiazole rings is 1. The lowest BCUT2D eigenvalue weighted by molar-refractivity contribution is -0.126. The second kappa shape index (κ2) is 10.3. The lowest BCUT2D eigenvalue weighted by atomic mass is 9.95. The van der Waals surface area contributed by atoms with Gasteiger partial charge in [-0.3, -0.25) is 23.8 Å². The minimum atomic E-state index is -1.07. The smallest absolute Gasteiger partial charge is 0.313 e. The van der Waals surface area contributed by atoms with E-state index in [-0.39, 0.29) is 10.0 Å². The zero-order chi connectivity index (χ0) is 27.1. The van der Waals surface area contributed by atoms with Gasteiger partial charge in [-0.2, -0.15) is 0 Å². The summed E-state index contributed by atoms with van der Waals surface area (Å²) >= 11 is 7.80. The van der Waals surface area contributed by atoms with Crippen LogP contribution in [0.3, 0.4) is 0 Å². The number of carbonyl (C=O) groups is 2. The van der Waals surface area contributed by atoms with Gasteiger partial charge in [0.2, 0.25) is 5.91 Å². The number of rotatable bonds is 7. The first-order valence-electron chi connectivity index (χ1n) is 12.6. The maximum Gasteiger partial charge on any atom is 0.313 e. The van der Waals surface area contributed by atoms with Gasteiger partial charge in [0.25, 0.3) is 5.91 Å². The third-order valence-corrected chi connectivity index (χ3v) is 8.25. The molecule has 4 aromatic rings. The van der Waals surface area contributed by atoms with Crippen molar-refractivity contribution in [2.45, 2.75) is 25.5 Å². The van der Waals surface area contributed by atoms with Gasteiger partial charge < -0.3 is 4.74 Å². The van der Waals surface area contributed by atoms with E-state index in [9.17, 15) is 14.4 Å². The molecule has 2 fully saturated rings. The average molecular weight is 562 g/mol. The van der Waals surface area contributed by atoms with Crippen molar-refractivity contribution in [3.05, 3.63) is 105 Å². The highest BCUT2D eigenvalue weighted by atomic mass is 35.5. The summed E-state index contributed by atoms with van der Waals surface area (Å²) in [6, 6.07) is 24.3. The summed E-state index contributed by atoms with van der Waals surface area (Å²) in [5, 5.41) is 1.72. The van der Waals surface area contributed by atoms with Gasteiger partial charge in [-0.15, -0.1) is 0 Å². The molecule has 2 amide bonds. The fourth-order valence-electron chi connectivity index (χ4n) is 5.00. The molecular weight excluding hydrogens is 538 g/mol. The third kappa shape index (κ3) is 4.32. The number of carbonyl (C=O) groups excluding carboxylic acids is 2. The van der Waals surface area contributed by atoms with Crippen LogP contribution < -0.4 is 19.6 Å². The predicted octanol–water partition coefficient (Wildman–Crippen LogP) is 5.39. The van der Waals surface area contributed by atoms with E-state index in [1.165, 1.54) is 9.63 Å². The zero-order valence-electron chi connectivity index (χ0n) is 20.9. The summed E-state index contributed by atoms with van der Waals surface area (Å²) in [6.07, 6.45) is -0.206. The molecule has 0 radical (unpaired) electrons. The first-order chi connectivity index (χ1) is 19.0. The van der Waals surface area contributed by atoms with Gasteiger partial charge in [0.15, 0.2) is 6.10 Å². The Morgan fingerprint density at radius 2 is 1.49 bits per heavy atom. The van der Waals surface area contributed by atoms with Crippen molar-refractivity contribution in [2.24, 2.45) is 5.92 Å². The minimum absolute atomic E-state index is 0.183. The van der Waals surface area contributed by atoms with Gasteiger partial charge in [-0.25, -0.2) is 9.96 Å². The lowest BCUT2D eigenvalue weighted by Crippen LogP contribution is -2.37. The Morgan fingerprint density at radius 3 is 2.13 bits per heavy atom. The standard InChI is InChI=1S/C29H24ClN3O5S/c1-2-17-37-21-15-13-19(14-16-21)32-27(34)22-23(33(38-24(22)28(32)35)20-11-7-4-8-12-20)25-26(30)31(29(36)39-25)18-9-5-3-6-10-18/h3-16,22-24H,2,17H2,1H3/t22-,23-,24+/m0/s1. The predicted molar refractivity (Wildman–Crippen MR) is 150 cm³/mol. The van der Waals surface area contributed by atoms with E-state index in [0.29, 0.717) is 34.3 Å². The van der Waals surface area contributed by atoms with Crippen LogP contribution in [0.2, 0.25) is 5.15 Å². The second-order valence-corrected chi connectivity index (χ2v) is 10.6. The number of aromatic nitrogens is 1. The Kier molecular flexibility index (Phi) is 6.72. The number of ether oxygens (including phenoxy) is 1. The maximum absolute atomic E-state index is 13.9. The van der Waals surface area contributed by atoms with Gasteiger partial charge in [0, 0.05) is 0 Å². The van der Waals surface area contributed by atoms with Crippen LogP contribution in [0.1, 0.15) is 24.3 Å². The summed E-state index contributed by atoms with van der Waals surface area (Å²) in [7, 11) is 0. The summed E-state index contributed by atoms with van der Waals surface area (Å²) in [5.41, 5.74) is 1.68. The Bertz CT molecular complexity index is 1570. The highest BCUT2D eigenvalue weighted by molar-refractivity contribution is 7.10. The van der Waals surface area contributed by atoms with Crippen LogP contribution in [0, 0.1) is 5.92 Å². The van der Waals surface area contributed by atoms with Crippen molar-refractivity contribution < 1.29 is 19.2 Å². The van der Waals surface area contributed by atoms with E-state index < -0.39 is 29.9 Å². The van der Waals surface area contributed by atoms with E-state index in [4.69, 9.17) is 21.2 Å². The molecular formula is C29H24ClN3O5S. The quantitative estimate of drug-likeness (QED) is 0.281. The molecule has 3 aromatic carbocycles.